The van der Waals surface area contributed by atoms with E-state index in [1.807, 2.05) is 12.1 Å². The zero-order valence-electron chi connectivity index (χ0n) is 19.6. The minimum Gasteiger partial charge on any atom is -0.424 e. The van der Waals surface area contributed by atoms with Gasteiger partial charge in [-0.2, -0.15) is 0 Å². The molecular weight excluding hydrogens is 489 g/mol. The summed E-state index contributed by atoms with van der Waals surface area (Å²) < 4.78 is 19.2. The third-order valence-corrected chi connectivity index (χ3v) is 7.01. The number of hydrogen-bond donors (Lipinski definition) is 0. The zero-order chi connectivity index (χ0) is 25.8. The molecule has 10 heteroatoms. The number of fused-ring (bicyclic) bond motifs is 1. The zero-order valence-corrected chi connectivity index (χ0v) is 20.5. The quantitative estimate of drug-likeness (QED) is 0.214. The molecule has 188 valence electrons. The van der Waals surface area contributed by atoms with Gasteiger partial charge < -0.3 is 9.57 Å². The molecule has 0 unspecified atom stereocenters. The Labute approximate surface area is 210 Å². The highest BCUT2D eigenvalue weighted by Gasteiger charge is 2.32. The van der Waals surface area contributed by atoms with E-state index in [0.717, 1.165) is 29.0 Å². The number of ketones is 1. The molecule has 0 N–H and O–H groups in total. The van der Waals surface area contributed by atoms with Gasteiger partial charge in [-0.15, -0.1) is 16.4 Å². The third kappa shape index (κ3) is 5.93. The monoisotopic (exact) mass is 513 g/mol. The minimum absolute atomic E-state index is 0.0673. The van der Waals surface area contributed by atoms with Crippen LogP contribution in [0.1, 0.15) is 66.3 Å². The van der Waals surface area contributed by atoms with E-state index in [1.165, 1.54) is 30.4 Å². The summed E-state index contributed by atoms with van der Waals surface area (Å²) in [5, 5.41) is 0.558. The van der Waals surface area contributed by atoms with Crippen molar-refractivity contribution in [3.8, 4) is 5.75 Å². The Balaban J connectivity index is 1.29. The average Bonchev–Trinajstić information content (AvgIpc) is 3.41. The fourth-order valence-corrected chi connectivity index (χ4v) is 5.14. The van der Waals surface area contributed by atoms with Crippen molar-refractivity contribution >= 4 is 52.5 Å². The molecule has 0 radical (unpaired) electrons. The number of thiophene rings is 1. The fraction of sp³-hybridized carbons (Fsp3) is 0.346. The van der Waals surface area contributed by atoms with Gasteiger partial charge in [0, 0.05) is 47.9 Å². The molecule has 0 atom stereocenters. The van der Waals surface area contributed by atoms with Crippen molar-refractivity contribution in [1.82, 2.24) is 5.06 Å². The summed E-state index contributed by atoms with van der Waals surface area (Å²) in [5.74, 6) is -3.16. The molecule has 4 rings (SSSR count). The first-order chi connectivity index (χ1) is 17.2. The fourth-order valence-electron chi connectivity index (χ4n) is 4.05. The topological polar surface area (TPSA) is 107 Å². The van der Waals surface area contributed by atoms with Crippen LogP contribution >= 0.6 is 11.3 Å². The van der Waals surface area contributed by atoms with Gasteiger partial charge in [0.1, 0.15) is 0 Å². The van der Waals surface area contributed by atoms with Crippen LogP contribution in [0.15, 0.2) is 24.3 Å². The SMILES string of the molecule is CC(=O)Oc1cc2c(cc1F)C=C(c1ccc(CCCCCC(=O)ON3C(=O)CCC3=O)s1)C(=O)C2. The summed E-state index contributed by atoms with van der Waals surface area (Å²) in [6, 6.07) is 6.50. The molecule has 0 spiro atoms. The Morgan fingerprint density at radius 2 is 1.81 bits per heavy atom. The van der Waals surface area contributed by atoms with Gasteiger partial charge in [0.25, 0.3) is 11.8 Å². The van der Waals surface area contributed by atoms with Gasteiger partial charge in [0.15, 0.2) is 17.3 Å². The Kier molecular flexibility index (Phi) is 7.73. The van der Waals surface area contributed by atoms with Crippen LogP contribution in [0.2, 0.25) is 0 Å². The Morgan fingerprint density at radius 3 is 2.53 bits per heavy atom. The molecule has 1 fully saturated rings. The number of nitrogens with zero attached hydrogens (tertiary/aromatic N) is 1. The van der Waals surface area contributed by atoms with Gasteiger partial charge in [-0.3, -0.25) is 19.2 Å². The highest BCUT2D eigenvalue weighted by atomic mass is 32.1. The van der Waals surface area contributed by atoms with Crippen LogP contribution in [0.4, 0.5) is 4.39 Å². The summed E-state index contributed by atoms with van der Waals surface area (Å²) in [6.07, 6.45) is 4.90. The number of halogens is 1. The van der Waals surface area contributed by atoms with Crippen LogP contribution in [0, 0.1) is 5.82 Å². The van der Waals surface area contributed by atoms with Crippen molar-refractivity contribution in [3.63, 3.8) is 0 Å². The normalized spacial score (nSPS) is 15.1. The van der Waals surface area contributed by atoms with E-state index >= 15 is 0 Å². The number of unbranched alkanes of at least 4 members (excludes halogenated alkanes) is 2. The molecule has 1 saturated heterocycles. The number of Topliss-reactive ketones (excluding diaryl/α,β-unsaturated/α-hetero) is 1. The van der Waals surface area contributed by atoms with Crippen molar-refractivity contribution in [1.29, 1.82) is 0 Å². The van der Waals surface area contributed by atoms with Crippen LogP contribution in [-0.4, -0.2) is 34.6 Å². The lowest BCUT2D eigenvalue weighted by atomic mass is 9.90. The summed E-state index contributed by atoms with van der Waals surface area (Å²) in [4.78, 5) is 65.5. The van der Waals surface area contributed by atoms with Crippen molar-refractivity contribution in [2.24, 2.45) is 0 Å². The lowest BCUT2D eigenvalue weighted by Crippen LogP contribution is -2.31. The second-order valence-corrected chi connectivity index (χ2v) is 9.77. The molecule has 1 aliphatic heterocycles. The van der Waals surface area contributed by atoms with E-state index < -0.39 is 29.6 Å². The highest BCUT2D eigenvalue weighted by molar-refractivity contribution is 7.13. The lowest BCUT2D eigenvalue weighted by molar-refractivity contribution is -0.197. The summed E-state index contributed by atoms with van der Waals surface area (Å²) >= 11 is 1.49. The van der Waals surface area contributed by atoms with Gasteiger partial charge in [-0.25, -0.2) is 9.18 Å². The van der Waals surface area contributed by atoms with Crippen LogP contribution in [-0.2, 0) is 41.7 Å². The van der Waals surface area contributed by atoms with Gasteiger partial charge >= 0.3 is 11.9 Å². The minimum atomic E-state index is -0.664. The van der Waals surface area contributed by atoms with Gasteiger partial charge in [0.05, 0.1) is 0 Å². The summed E-state index contributed by atoms with van der Waals surface area (Å²) in [6.45, 7) is 1.19. The highest BCUT2D eigenvalue weighted by Crippen LogP contribution is 2.35. The number of aryl methyl sites for hydroxylation is 1. The Bertz CT molecular complexity index is 1260. The lowest BCUT2D eigenvalue weighted by Gasteiger charge is -2.16. The van der Waals surface area contributed by atoms with Crippen LogP contribution in [0.25, 0.3) is 11.6 Å². The van der Waals surface area contributed by atoms with E-state index in [-0.39, 0.29) is 37.2 Å². The number of hydroxylamine groups is 2. The predicted octanol–water partition coefficient (Wildman–Crippen LogP) is 4.19. The average molecular weight is 514 g/mol. The molecular formula is C26H24FNO7S. The van der Waals surface area contributed by atoms with E-state index in [0.29, 0.717) is 28.2 Å². The maximum atomic E-state index is 14.3. The molecule has 1 aromatic heterocycles. The largest absolute Gasteiger partial charge is 0.424 e. The number of carbonyl (C=O) groups excluding carboxylic acids is 5. The Morgan fingerprint density at radius 1 is 1.06 bits per heavy atom. The number of ether oxygens (including phenoxy) is 1. The van der Waals surface area contributed by atoms with Crippen molar-refractivity contribution < 1.29 is 37.9 Å². The second-order valence-electron chi connectivity index (χ2n) is 8.60. The van der Waals surface area contributed by atoms with Crippen molar-refractivity contribution in [2.45, 2.75) is 58.3 Å². The van der Waals surface area contributed by atoms with Crippen LogP contribution < -0.4 is 4.74 Å². The number of imide groups is 1. The molecule has 8 nitrogen and oxygen atoms in total. The van der Waals surface area contributed by atoms with Gasteiger partial charge in [0.2, 0.25) is 0 Å². The number of hydrogen-bond acceptors (Lipinski definition) is 8. The Hall–Kier alpha value is -3.66. The first-order valence-electron chi connectivity index (χ1n) is 11.6. The predicted molar refractivity (Wildman–Crippen MR) is 128 cm³/mol. The second kappa shape index (κ2) is 10.9. The maximum absolute atomic E-state index is 14.3. The van der Waals surface area contributed by atoms with E-state index in [1.54, 1.807) is 6.08 Å². The first kappa shape index (κ1) is 25.4. The summed E-state index contributed by atoms with van der Waals surface area (Å²) in [5.41, 5.74) is 1.71. The van der Waals surface area contributed by atoms with Gasteiger partial charge in [-0.1, -0.05) is 6.42 Å². The standard InChI is InChI=1S/C26H24FNO7S/c1-15(29)34-22-14-17-13-21(30)19(11-16(17)12-20(22)27)23-8-7-18(36-23)5-3-2-4-6-26(33)35-28-24(31)9-10-25(28)32/h7-8,11-12,14H,2-6,9-10,13H2,1H3. The van der Waals surface area contributed by atoms with Crippen LogP contribution in [0.3, 0.4) is 0 Å². The smallest absolute Gasteiger partial charge is 0.333 e. The number of allylic oxidation sites excluding steroid dienone is 1. The maximum Gasteiger partial charge on any atom is 0.333 e. The third-order valence-electron chi connectivity index (χ3n) is 5.83. The summed E-state index contributed by atoms with van der Waals surface area (Å²) in [7, 11) is 0. The molecule has 0 bridgehead atoms. The molecule has 2 aliphatic rings. The molecule has 2 amide bonds. The van der Waals surface area contributed by atoms with Crippen LogP contribution in [0.5, 0.6) is 5.75 Å². The number of amides is 2. The number of benzene rings is 1. The molecule has 0 saturated carbocycles. The number of rotatable bonds is 9. The van der Waals surface area contributed by atoms with Gasteiger partial charge in [-0.05, 0) is 60.7 Å². The van der Waals surface area contributed by atoms with Crippen molar-refractivity contribution in [3.05, 3.63) is 51.0 Å². The number of carbonyl (C=O) groups is 5. The van der Waals surface area contributed by atoms with E-state index in [2.05, 4.69) is 0 Å². The molecule has 1 aromatic carbocycles. The first-order valence-corrected chi connectivity index (χ1v) is 12.4. The van der Waals surface area contributed by atoms with E-state index in [9.17, 15) is 28.4 Å². The number of esters is 1. The molecule has 2 aromatic rings. The molecule has 36 heavy (non-hydrogen) atoms. The van der Waals surface area contributed by atoms with Crippen molar-refractivity contribution in [2.75, 3.05) is 0 Å². The molecule has 2 heterocycles. The van der Waals surface area contributed by atoms with E-state index in [4.69, 9.17) is 9.57 Å². The molecule has 1 aliphatic carbocycles.